The minimum absolute atomic E-state index is 0.00670. The summed E-state index contributed by atoms with van der Waals surface area (Å²) in [6.45, 7) is 0. The Labute approximate surface area is 174 Å². The lowest BCUT2D eigenvalue weighted by molar-refractivity contribution is -0.119. The van der Waals surface area contributed by atoms with Gasteiger partial charge in [0.25, 0.3) is 0 Å². The lowest BCUT2D eigenvalue weighted by Crippen LogP contribution is -2.35. The number of hydrogen-bond donors (Lipinski definition) is 2. The first-order chi connectivity index (χ1) is 13.9. The number of ether oxygens (including phenoxy) is 1. The number of nitrogens with one attached hydrogen (secondary N) is 2. The molecule has 2 N–H and O–H groups in total. The van der Waals surface area contributed by atoms with Crippen LogP contribution in [-0.4, -0.2) is 21.0 Å². The van der Waals surface area contributed by atoms with Crippen molar-refractivity contribution >= 4 is 40.5 Å². The van der Waals surface area contributed by atoms with E-state index >= 15 is 0 Å². The standard InChI is InChI=1S/C19H13ClF2N4O2S/c20-16-9-18(24-10-23-16)28-15-6-5-13(8-14(15)22)25-19(29)26-17(27)7-11-1-3-12(21)4-2-11/h1-6,8-10H,7H2,(H2,25,26,27,29). The van der Waals surface area contributed by atoms with Crippen molar-refractivity contribution in [2.45, 2.75) is 6.42 Å². The van der Waals surface area contributed by atoms with Gasteiger partial charge in [0.05, 0.1) is 6.42 Å². The molecule has 0 saturated heterocycles. The lowest BCUT2D eigenvalue weighted by Gasteiger charge is -2.11. The number of rotatable bonds is 5. The van der Waals surface area contributed by atoms with Crippen LogP contribution in [0, 0.1) is 11.6 Å². The van der Waals surface area contributed by atoms with Gasteiger partial charge in [0.2, 0.25) is 11.8 Å². The molecule has 1 aromatic heterocycles. The third-order valence-electron chi connectivity index (χ3n) is 3.54. The Morgan fingerprint density at radius 2 is 1.86 bits per heavy atom. The number of nitrogens with zero attached hydrogens (tertiary/aromatic N) is 2. The maximum absolute atomic E-state index is 14.3. The first-order valence-corrected chi connectivity index (χ1v) is 8.98. The molecular weight excluding hydrogens is 422 g/mol. The van der Waals surface area contributed by atoms with Crippen LogP contribution < -0.4 is 15.4 Å². The van der Waals surface area contributed by atoms with Crippen molar-refractivity contribution in [3.8, 4) is 11.6 Å². The zero-order valence-corrected chi connectivity index (χ0v) is 16.2. The van der Waals surface area contributed by atoms with E-state index in [0.717, 1.165) is 6.07 Å². The van der Waals surface area contributed by atoms with E-state index in [2.05, 4.69) is 20.6 Å². The van der Waals surface area contributed by atoms with Gasteiger partial charge < -0.3 is 15.4 Å². The fourth-order valence-corrected chi connectivity index (χ4v) is 2.64. The van der Waals surface area contributed by atoms with E-state index in [4.69, 9.17) is 28.6 Å². The number of hydrogen-bond acceptors (Lipinski definition) is 5. The van der Waals surface area contributed by atoms with Crippen molar-refractivity contribution in [1.82, 2.24) is 15.3 Å². The van der Waals surface area contributed by atoms with Gasteiger partial charge in [-0.2, -0.15) is 0 Å². The van der Waals surface area contributed by atoms with Crippen LogP contribution in [0.2, 0.25) is 5.15 Å². The molecule has 0 saturated carbocycles. The third kappa shape index (κ3) is 6.16. The molecule has 10 heteroatoms. The summed E-state index contributed by atoms with van der Waals surface area (Å²) in [7, 11) is 0. The normalized spacial score (nSPS) is 10.3. The molecule has 3 rings (SSSR count). The quantitative estimate of drug-likeness (QED) is 0.461. The van der Waals surface area contributed by atoms with Gasteiger partial charge in [0.1, 0.15) is 17.3 Å². The van der Waals surface area contributed by atoms with Gasteiger partial charge in [-0.15, -0.1) is 0 Å². The highest BCUT2D eigenvalue weighted by atomic mass is 35.5. The summed E-state index contributed by atoms with van der Waals surface area (Å²) in [6.07, 6.45) is 1.21. The van der Waals surface area contributed by atoms with Crippen molar-refractivity contribution in [3.05, 3.63) is 77.2 Å². The summed E-state index contributed by atoms with van der Waals surface area (Å²) in [5, 5.41) is 5.34. The Kier molecular flexibility index (Phi) is 6.63. The highest BCUT2D eigenvalue weighted by molar-refractivity contribution is 7.80. The van der Waals surface area contributed by atoms with Crippen LogP contribution in [0.5, 0.6) is 11.6 Å². The van der Waals surface area contributed by atoms with Gasteiger partial charge in [-0.25, -0.2) is 18.7 Å². The van der Waals surface area contributed by atoms with E-state index in [0.29, 0.717) is 11.3 Å². The lowest BCUT2D eigenvalue weighted by atomic mass is 10.1. The van der Waals surface area contributed by atoms with Crippen LogP contribution in [-0.2, 0) is 11.2 Å². The molecular formula is C19H13ClF2N4O2S. The molecule has 2 aromatic carbocycles. The fourth-order valence-electron chi connectivity index (χ4n) is 2.27. The maximum Gasteiger partial charge on any atom is 0.230 e. The summed E-state index contributed by atoms with van der Waals surface area (Å²) in [5.41, 5.74) is 0.937. The highest BCUT2D eigenvalue weighted by Gasteiger charge is 2.10. The average molecular weight is 435 g/mol. The van der Waals surface area contributed by atoms with Gasteiger partial charge >= 0.3 is 0 Å². The molecule has 1 heterocycles. The third-order valence-corrected chi connectivity index (χ3v) is 3.95. The molecule has 0 aliphatic heterocycles. The Hall–Kier alpha value is -3.17. The largest absolute Gasteiger partial charge is 0.436 e. The van der Waals surface area contributed by atoms with Crippen molar-refractivity contribution in [1.29, 1.82) is 0 Å². The fraction of sp³-hybridized carbons (Fsp3) is 0.0526. The molecule has 6 nitrogen and oxygen atoms in total. The van der Waals surface area contributed by atoms with E-state index in [1.807, 2.05) is 0 Å². The van der Waals surface area contributed by atoms with Crippen LogP contribution in [0.4, 0.5) is 14.5 Å². The second-order valence-corrected chi connectivity index (χ2v) is 6.53. The minimum Gasteiger partial charge on any atom is -0.436 e. The number of carbonyl (C=O) groups excluding carboxylic acids is 1. The zero-order chi connectivity index (χ0) is 20.8. The topological polar surface area (TPSA) is 76.1 Å². The molecule has 3 aromatic rings. The predicted molar refractivity (Wildman–Crippen MR) is 108 cm³/mol. The van der Waals surface area contributed by atoms with Gasteiger partial charge in [0.15, 0.2) is 16.7 Å². The molecule has 0 aliphatic rings. The van der Waals surface area contributed by atoms with E-state index in [1.54, 1.807) is 0 Å². The summed E-state index contributed by atoms with van der Waals surface area (Å²) >= 11 is 10.8. The molecule has 1 amide bonds. The second-order valence-electron chi connectivity index (χ2n) is 5.73. The van der Waals surface area contributed by atoms with Gasteiger partial charge in [-0.3, -0.25) is 4.79 Å². The molecule has 0 atom stereocenters. The predicted octanol–water partition coefficient (Wildman–Crippen LogP) is 4.26. The number of carbonyl (C=O) groups is 1. The van der Waals surface area contributed by atoms with Gasteiger partial charge in [0, 0.05) is 17.8 Å². The zero-order valence-electron chi connectivity index (χ0n) is 14.7. The Morgan fingerprint density at radius 1 is 1.10 bits per heavy atom. The molecule has 0 spiro atoms. The smallest absolute Gasteiger partial charge is 0.230 e. The van der Waals surface area contributed by atoms with Gasteiger partial charge in [-0.1, -0.05) is 23.7 Å². The Balaban J connectivity index is 1.56. The minimum atomic E-state index is -0.676. The summed E-state index contributed by atoms with van der Waals surface area (Å²) in [4.78, 5) is 19.5. The van der Waals surface area contributed by atoms with Crippen LogP contribution in [0.1, 0.15) is 5.56 Å². The molecule has 0 fully saturated rings. The second kappa shape index (κ2) is 9.35. The molecule has 148 valence electrons. The monoisotopic (exact) mass is 434 g/mol. The molecule has 0 unspecified atom stereocenters. The van der Waals surface area contributed by atoms with Gasteiger partial charge in [-0.05, 0) is 42.0 Å². The van der Waals surface area contributed by atoms with Crippen molar-refractivity contribution in [3.63, 3.8) is 0 Å². The average Bonchev–Trinajstić information content (AvgIpc) is 2.66. The number of anilines is 1. The molecule has 0 aliphatic carbocycles. The summed E-state index contributed by atoms with van der Waals surface area (Å²) in [5.74, 6) is -1.44. The molecule has 0 bridgehead atoms. The van der Waals surface area contributed by atoms with Crippen LogP contribution in [0.3, 0.4) is 0 Å². The summed E-state index contributed by atoms with van der Waals surface area (Å²) < 4.78 is 32.5. The number of benzene rings is 2. The van der Waals surface area contributed by atoms with E-state index < -0.39 is 11.7 Å². The van der Waals surface area contributed by atoms with Crippen LogP contribution >= 0.6 is 23.8 Å². The van der Waals surface area contributed by atoms with Crippen molar-refractivity contribution < 1.29 is 18.3 Å². The Bertz CT molecular complexity index is 1050. The van der Waals surface area contributed by atoms with Crippen molar-refractivity contribution in [2.24, 2.45) is 0 Å². The highest BCUT2D eigenvalue weighted by Crippen LogP contribution is 2.26. The van der Waals surface area contributed by atoms with E-state index in [-0.39, 0.29) is 34.1 Å². The van der Waals surface area contributed by atoms with Crippen molar-refractivity contribution in [2.75, 3.05) is 5.32 Å². The number of halogens is 3. The van der Waals surface area contributed by atoms with Crippen LogP contribution in [0.15, 0.2) is 54.9 Å². The number of aromatic nitrogens is 2. The molecule has 0 radical (unpaired) electrons. The van der Waals surface area contributed by atoms with Crippen LogP contribution in [0.25, 0.3) is 0 Å². The van der Waals surface area contributed by atoms with E-state index in [1.165, 1.54) is 48.8 Å². The first-order valence-electron chi connectivity index (χ1n) is 8.19. The number of amides is 1. The number of thiocarbonyl (C=S) groups is 1. The summed E-state index contributed by atoms with van der Waals surface area (Å²) in [6, 6.07) is 10.9. The van der Waals surface area contributed by atoms with E-state index in [9.17, 15) is 13.6 Å². The SMILES string of the molecule is O=C(Cc1ccc(F)cc1)NC(=S)Nc1ccc(Oc2cc(Cl)ncn2)c(F)c1. The molecule has 29 heavy (non-hydrogen) atoms. The Morgan fingerprint density at radius 3 is 2.55 bits per heavy atom. The first kappa shape index (κ1) is 20.6. The maximum atomic E-state index is 14.3.